The van der Waals surface area contributed by atoms with E-state index < -0.39 is 10.0 Å². The van der Waals surface area contributed by atoms with Crippen LogP contribution in [0.4, 0.5) is 17.1 Å². The fraction of sp³-hybridized carbons (Fsp3) is 0.300. The summed E-state index contributed by atoms with van der Waals surface area (Å²) in [5.74, 6) is -0.0546. The number of hydrogen-bond acceptors (Lipinski definition) is 4. The maximum Gasteiger partial charge on any atom is 0.261 e. The van der Waals surface area contributed by atoms with Crippen LogP contribution < -0.4 is 14.9 Å². The highest BCUT2D eigenvalue weighted by molar-refractivity contribution is 7.92. The Morgan fingerprint density at radius 1 is 1.04 bits per heavy atom. The Morgan fingerprint density at radius 2 is 1.71 bits per heavy atom. The van der Waals surface area contributed by atoms with Gasteiger partial charge in [0.05, 0.1) is 4.90 Å². The van der Waals surface area contributed by atoms with Gasteiger partial charge in [0.15, 0.2) is 0 Å². The van der Waals surface area contributed by atoms with Crippen LogP contribution in [0.1, 0.15) is 32.3 Å². The van der Waals surface area contributed by atoms with Crippen molar-refractivity contribution in [1.82, 2.24) is 0 Å². The summed E-state index contributed by atoms with van der Waals surface area (Å²) in [6.45, 7) is 4.24. The number of sulfonamides is 1. The number of fused-ring (bicyclic) bond motifs is 1. The van der Waals surface area contributed by atoms with Crippen molar-refractivity contribution in [2.45, 2.75) is 38.0 Å². The molecule has 0 unspecified atom stereocenters. The maximum absolute atomic E-state index is 12.7. The monoisotopic (exact) mass is 401 g/mol. The molecule has 3 rings (SSSR count). The maximum atomic E-state index is 12.7. The summed E-state index contributed by atoms with van der Waals surface area (Å²) in [6.07, 6.45) is 1.36. The van der Waals surface area contributed by atoms with E-state index in [1.807, 2.05) is 6.92 Å². The minimum atomic E-state index is -3.76. The van der Waals surface area contributed by atoms with E-state index in [1.165, 1.54) is 12.1 Å². The van der Waals surface area contributed by atoms with E-state index in [9.17, 15) is 18.0 Å². The Hall–Kier alpha value is -2.87. The van der Waals surface area contributed by atoms with Crippen molar-refractivity contribution in [3.63, 3.8) is 0 Å². The van der Waals surface area contributed by atoms with Gasteiger partial charge in [0.1, 0.15) is 0 Å². The number of nitrogens with one attached hydrogen (secondary N) is 2. The number of amides is 2. The zero-order chi connectivity index (χ0) is 20.3. The first-order valence-electron chi connectivity index (χ1n) is 9.20. The van der Waals surface area contributed by atoms with E-state index in [0.29, 0.717) is 37.2 Å². The summed E-state index contributed by atoms with van der Waals surface area (Å²) >= 11 is 0. The molecule has 0 aromatic heterocycles. The Morgan fingerprint density at radius 3 is 2.36 bits per heavy atom. The molecule has 1 heterocycles. The van der Waals surface area contributed by atoms with Crippen molar-refractivity contribution in [2.75, 3.05) is 21.5 Å². The molecule has 1 aliphatic rings. The summed E-state index contributed by atoms with van der Waals surface area (Å²) in [6, 6.07) is 11.2. The van der Waals surface area contributed by atoms with Gasteiger partial charge in [-0.3, -0.25) is 14.3 Å². The highest BCUT2D eigenvalue weighted by Gasteiger charge is 2.23. The number of hydrogen-bond donors (Lipinski definition) is 2. The topological polar surface area (TPSA) is 95.6 Å². The molecule has 0 spiro atoms. The van der Waals surface area contributed by atoms with Crippen LogP contribution in [-0.4, -0.2) is 26.8 Å². The molecule has 2 aromatic rings. The highest BCUT2D eigenvalue weighted by atomic mass is 32.2. The zero-order valence-corrected chi connectivity index (χ0v) is 16.7. The molecule has 2 amide bonds. The molecule has 1 aliphatic heterocycles. The molecule has 2 aromatic carbocycles. The van der Waals surface area contributed by atoms with Gasteiger partial charge in [0, 0.05) is 36.4 Å². The molecule has 7 nitrogen and oxygen atoms in total. The standard InChI is InChI=1S/C20H23N3O4S/c1-3-19(24)21-15-6-9-17(10-7-15)28(26,27)22-16-8-11-18-14(13-16)5-12-20(25)23(18)4-2/h6-11,13,22H,3-5,12H2,1-2H3,(H,21,24). The molecule has 8 heteroatoms. The summed E-state index contributed by atoms with van der Waals surface area (Å²) in [7, 11) is -3.76. The normalized spacial score (nSPS) is 13.8. The van der Waals surface area contributed by atoms with E-state index in [-0.39, 0.29) is 16.7 Å². The lowest BCUT2D eigenvalue weighted by molar-refractivity contribution is -0.119. The molecule has 28 heavy (non-hydrogen) atoms. The van der Waals surface area contributed by atoms with Gasteiger partial charge in [-0.05, 0) is 61.4 Å². The number of benzene rings is 2. The summed E-state index contributed by atoms with van der Waals surface area (Å²) in [4.78, 5) is 25.2. The fourth-order valence-electron chi connectivity index (χ4n) is 3.15. The SMILES string of the molecule is CCC(=O)Nc1ccc(S(=O)(=O)Nc2ccc3c(c2)CCC(=O)N3CC)cc1. The molecular weight excluding hydrogens is 378 g/mol. The lowest BCUT2D eigenvalue weighted by Crippen LogP contribution is -2.34. The minimum Gasteiger partial charge on any atom is -0.326 e. The molecule has 148 valence electrons. The van der Waals surface area contributed by atoms with Gasteiger partial charge in [0.2, 0.25) is 11.8 Å². The van der Waals surface area contributed by atoms with Gasteiger partial charge in [-0.15, -0.1) is 0 Å². The smallest absolute Gasteiger partial charge is 0.261 e. The van der Waals surface area contributed by atoms with Gasteiger partial charge in [-0.25, -0.2) is 8.42 Å². The number of rotatable bonds is 6. The predicted molar refractivity (Wildman–Crippen MR) is 109 cm³/mol. The van der Waals surface area contributed by atoms with E-state index >= 15 is 0 Å². The zero-order valence-electron chi connectivity index (χ0n) is 15.9. The summed E-state index contributed by atoms with van der Waals surface area (Å²) in [5.41, 5.74) is 2.77. The van der Waals surface area contributed by atoms with Crippen LogP contribution in [0.25, 0.3) is 0 Å². The second-order valence-electron chi connectivity index (χ2n) is 6.51. The average Bonchev–Trinajstić information content (AvgIpc) is 2.68. The molecular formula is C20H23N3O4S. The second kappa shape index (κ2) is 8.02. The first-order valence-corrected chi connectivity index (χ1v) is 10.7. The van der Waals surface area contributed by atoms with Gasteiger partial charge in [0.25, 0.3) is 10.0 Å². The average molecular weight is 401 g/mol. The largest absolute Gasteiger partial charge is 0.326 e. The van der Waals surface area contributed by atoms with Crippen molar-refractivity contribution in [2.24, 2.45) is 0 Å². The molecule has 0 atom stereocenters. The number of nitrogens with zero attached hydrogens (tertiary/aromatic N) is 1. The Labute approximate surface area is 164 Å². The van der Waals surface area contributed by atoms with E-state index in [0.717, 1.165) is 11.3 Å². The predicted octanol–water partition coefficient (Wildman–Crippen LogP) is 3.14. The van der Waals surface area contributed by atoms with Gasteiger partial charge in [-0.1, -0.05) is 6.92 Å². The highest BCUT2D eigenvalue weighted by Crippen LogP contribution is 2.31. The molecule has 0 fully saturated rings. The second-order valence-corrected chi connectivity index (χ2v) is 8.20. The first kappa shape index (κ1) is 19.9. The van der Waals surface area contributed by atoms with Crippen molar-refractivity contribution in [3.8, 4) is 0 Å². The number of carbonyl (C=O) groups is 2. The molecule has 0 saturated heterocycles. The van der Waals surface area contributed by atoms with Gasteiger partial charge >= 0.3 is 0 Å². The number of aryl methyl sites for hydroxylation is 1. The van der Waals surface area contributed by atoms with Crippen LogP contribution in [0.3, 0.4) is 0 Å². The Balaban J connectivity index is 1.79. The third-order valence-corrected chi connectivity index (χ3v) is 6.01. The van der Waals surface area contributed by atoms with Crippen molar-refractivity contribution < 1.29 is 18.0 Å². The lowest BCUT2D eigenvalue weighted by atomic mass is 10.0. The Bertz CT molecular complexity index is 1000. The first-order chi connectivity index (χ1) is 13.3. The molecule has 2 N–H and O–H groups in total. The third-order valence-electron chi connectivity index (χ3n) is 4.62. The minimum absolute atomic E-state index is 0.0820. The van der Waals surface area contributed by atoms with E-state index in [4.69, 9.17) is 0 Å². The van der Waals surface area contributed by atoms with Crippen LogP contribution in [0.2, 0.25) is 0 Å². The Kier molecular flexibility index (Phi) is 5.69. The molecule has 0 bridgehead atoms. The quantitative estimate of drug-likeness (QED) is 0.777. The van der Waals surface area contributed by atoms with Gasteiger partial charge in [-0.2, -0.15) is 0 Å². The summed E-state index contributed by atoms with van der Waals surface area (Å²) < 4.78 is 27.9. The molecule has 0 saturated carbocycles. The van der Waals surface area contributed by atoms with E-state index in [2.05, 4.69) is 10.0 Å². The third kappa shape index (κ3) is 4.17. The van der Waals surface area contributed by atoms with Crippen LogP contribution in [0.15, 0.2) is 47.4 Å². The van der Waals surface area contributed by atoms with Crippen molar-refractivity contribution >= 4 is 38.9 Å². The number of anilines is 3. The number of carbonyl (C=O) groups excluding carboxylic acids is 2. The fourth-order valence-corrected chi connectivity index (χ4v) is 4.20. The van der Waals surface area contributed by atoms with Crippen molar-refractivity contribution in [3.05, 3.63) is 48.0 Å². The van der Waals surface area contributed by atoms with Crippen LogP contribution >= 0.6 is 0 Å². The molecule has 0 aliphatic carbocycles. The van der Waals surface area contributed by atoms with Crippen LogP contribution in [0, 0.1) is 0 Å². The van der Waals surface area contributed by atoms with E-state index in [1.54, 1.807) is 42.2 Å². The lowest BCUT2D eigenvalue weighted by Gasteiger charge is -2.28. The van der Waals surface area contributed by atoms with Crippen LogP contribution in [0.5, 0.6) is 0 Å². The van der Waals surface area contributed by atoms with Gasteiger partial charge < -0.3 is 10.2 Å². The molecule has 0 radical (unpaired) electrons. The van der Waals surface area contributed by atoms with Crippen molar-refractivity contribution in [1.29, 1.82) is 0 Å². The summed E-state index contributed by atoms with van der Waals surface area (Å²) in [5, 5.41) is 2.68. The van der Waals surface area contributed by atoms with Crippen LogP contribution in [-0.2, 0) is 26.0 Å².